The molecule has 0 saturated heterocycles. The van der Waals surface area contributed by atoms with E-state index in [9.17, 15) is 0 Å². The SMILES string of the molecule is CCCC(c1cccs1)n1c(=S)[nH]c2c(C)nn(C)c21. The van der Waals surface area contributed by atoms with Gasteiger partial charge in [-0.25, -0.2) is 0 Å². The van der Waals surface area contributed by atoms with E-state index >= 15 is 0 Å². The van der Waals surface area contributed by atoms with Gasteiger partial charge in [-0.15, -0.1) is 11.3 Å². The lowest BCUT2D eigenvalue weighted by Gasteiger charge is -2.17. The Labute approximate surface area is 127 Å². The van der Waals surface area contributed by atoms with Crippen molar-refractivity contribution in [1.82, 2.24) is 19.3 Å². The summed E-state index contributed by atoms with van der Waals surface area (Å²) in [5.74, 6) is 0. The van der Waals surface area contributed by atoms with E-state index in [0.717, 1.165) is 34.5 Å². The fraction of sp³-hybridized carbons (Fsp3) is 0.429. The van der Waals surface area contributed by atoms with Gasteiger partial charge in [-0.05, 0) is 37.0 Å². The van der Waals surface area contributed by atoms with Gasteiger partial charge in [-0.3, -0.25) is 9.25 Å². The molecule has 0 bridgehead atoms. The summed E-state index contributed by atoms with van der Waals surface area (Å²) >= 11 is 7.35. The lowest BCUT2D eigenvalue weighted by molar-refractivity contribution is 0.536. The number of rotatable bonds is 4. The summed E-state index contributed by atoms with van der Waals surface area (Å²) < 4.78 is 4.93. The Morgan fingerprint density at radius 2 is 2.30 bits per heavy atom. The smallest absolute Gasteiger partial charge is 0.179 e. The topological polar surface area (TPSA) is 38.5 Å². The molecule has 3 aromatic rings. The molecular weight excluding hydrogens is 288 g/mol. The van der Waals surface area contributed by atoms with Gasteiger partial charge in [-0.2, -0.15) is 5.10 Å². The van der Waals surface area contributed by atoms with E-state index in [2.05, 4.69) is 39.1 Å². The molecule has 0 aliphatic heterocycles. The molecule has 6 heteroatoms. The zero-order valence-corrected chi connectivity index (χ0v) is 13.5. The molecule has 0 saturated carbocycles. The molecule has 0 aliphatic rings. The number of imidazole rings is 1. The predicted molar refractivity (Wildman–Crippen MR) is 86.0 cm³/mol. The lowest BCUT2D eigenvalue weighted by Crippen LogP contribution is -2.11. The van der Waals surface area contributed by atoms with Crippen LogP contribution in [0.15, 0.2) is 17.5 Å². The van der Waals surface area contributed by atoms with Gasteiger partial charge >= 0.3 is 0 Å². The third-order valence-electron chi connectivity index (χ3n) is 3.62. The summed E-state index contributed by atoms with van der Waals surface area (Å²) in [5.41, 5.74) is 3.13. The Bertz CT molecular complexity index is 776. The minimum atomic E-state index is 0.288. The lowest BCUT2D eigenvalue weighted by atomic mass is 10.1. The largest absolute Gasteiger partial charge is 0.328 e. The molecule has 3 heterocycles. The first kappa shape index (κ1) is 13.6. The number of nitrogens with zero attached hydrogens (tertiary/aromatic N) is 3. The Hall–Kier alpha value is -1.40. The van der Waals surface area contributed by atoms with Gasteiger partial charge in [0, 0.05) is 11.9 Å². The first-order chi connectivity index (χ1) is 9.63. The van der Waals surface area contributed by atoms with Crippen molar-refractivity contribution in [3.8, 4) is 0 Å². The molecule has 20 heavy (non-hydrogen) atoms. The first-order valence-corrected chi connectivity index (χ1v) is 8.09. The third-order valence-corrected chi connectivity index (χ3v) is 4.89. The number of hydrogen-bond donors (Lipinski definition) is 1. The summed E-state index contributed by atoms with van der Waals surface area (Å²) in [6.45, 7) is 4.22. The number of thiophene rings is 1. The van der Waals surface area contributed by atoms with Crippen LogP contribution in [-0.4, -0.2) is 19.3 Å². The zero-order chi connectivity index (χ0) is 14.3. The maximum Gasteiger partial charge on any atom is 0.179 e. The Morgan fingerprint density at radius 3 is 2.95 bits per heavy atom. The van der Waals surface area contributed by atoms with E-state index in [1.54, 1.807) is 11.3 Å². The van der Waals surface area contributed by atoms with E-state index in [0.29, 0.717) is 0 Å². The number of H-pyrrole nitrogens is 1. The minimum absolute atomic E-state index is 0.288. The molecule has 0 aliphatic carbocycles. The Kier molecular flexibility index (Phi) is 3.52. The number of aryl methyl sites for hydroxylation is 2. The van der Waals surface area contributed by atoms with Crippen LogP contribution in [-0.2, 0) is 7.05 Å². The molecule has 0 aromatic carbocycles. The van der Waals surface area contributed by atoms with Gasteiger partial charge in [0.2, 0.25) is 0 Å². The molecule has 3 rings (SSSR count). The van der Waals surface area contributed by atoms with Crippen molar-refractivity contribution in [2.24, 2.45) is 7.05 Å². The second-order valence-corrected chi connectivity index (χ2v) is 6.39. The molecule has 106 valence electrons. The van der Waals surface area contributed by atoms with Crippen molar-refractivity contribution in [1.29, 1.82) is 0 Å². The highest BCUT2D eigenvalue weighted by Crippen LogP contribution is 2.31. The molecule has 0 amide bonds. The van der Waals surface area contributed by atoms with Gasteiger partial charge in [0.25, 0.3) is 0 Å². The van der Waals surface area contributed by atoms with Crippen LogP contribution in [0.1, 0.15) is 36.4 Å². The number of nitrogens with one attached hydrogen (secondary N) is 1. The number of aromatic amines is 1. The van der Waals surface area contributed by atoms with Crippen LogP contribution < -0.4 is 0 Å². The summed E-state index contributed by atoms with van der Waals surface area (Å²) in [7, 11) is 1.98. The summed E-state index contributed by atoms with van der Waals surface area (Å²) in [5, 5.41) is 6.62. The van der Waals surface area contributed by atoms with E-state index in [4.69, 9.17) is 12.2 Å². The molecule has 0 spiro atoms. The number of fused-ring (bicyclic) bond motifs is 1. The van der Waals surface area contributed by atoms with Crippen LogP contribution in [0.5, 0.6) is 0 Å². The molecule has 1 atom stereocenters. The highest BCUT2D eigenvalue weighted by Gasteiger charge is 2.21. The summed E-state index contributed by atoms with van der Waals surface area (Å²) in [6.07, 6.45) is 2.19. The van der Waals surface area contributed by atoms with Crippen LogP contribution in [0, 0.1) is 11.7 Å². The second kappa shape index (κ2) is 5.18. The Morgan fingerprint density at radius 1 is 1.50 bits per heavy atom. The van der Waals surface area contributed by atoms with Crippen LogP contribution in [0.25, 0.3) is 11.2 Å². The number of hydrogen-bond acceptors (Lipinski definition) is 3. The quantitative estimate of drug-likeness (QED) is 0.734. The van der Waals surface area contributed by atoms with Gasteiger partial charge in [0.05, 0.1) is 11.7 Å². The maximum absolute atomic E-state index is 5.56. The van der Waals surface area contributed by atoms with E-state index in [-0.39, 0.29) is 6.04 Å². The van der Waals surface area contributed by atoms with Crippen LogP contribution in [0.2, 0.25) is 0 Å². The fourth-order valence-electron chi connectivity index (χ4n) is 2.77. The zero-order valence-electron chi connectivity index (χ0n) is 11.9. The monoisotopic (exact) mass is 306 g/mol. The number of aromatic nitrogens is 4. The average Bonchev–Trinajstić information content (AvgIpc) is 3.08. The summed E-state index contributed by atoms with van der Waals surface area (Å²) in [4.78, 5) is 4.67. The molecule has 0 radical (unpaired) electrons. The molecule has 3 aromatic heterocycles. The van der Waals surface area contributed by atoms with Gasteiger partial charge in [-0.1, -0.05) is 19.4 Å². The van der Waals surface area contributed by atoms with Crippen molar-refractivity contribution < 1.29 is 0 Å². The highest BCUT2D eigenvalue weighted by molar-refractivity contribution is 7.71. The van der Waals surface area contributed by atoms with Crippen molar-refractivity contribution in [3.05, 3.63) is 32.9 Å². The van der Waals surface area contributed by atoms with E-state index < -0.39 is 0 Å². The molecule has 0 fully saturated rings. The fourth-order valence-corrected chi connectivity index (χ4v) is 3.94. The Balaban J connectivity index is 2.26. The highest BCUT2D eigenvalue weighted by atomic mass is 32.1. The van der Waals surface area contributed by atoms with Crippen LogP contribution in [0.3, 0.4) is 0 Å². The molecular formula is C14H18N4S2. The predicted octanol–water partition coefficient (Wildman–Crippen LogP) is 4.19. The molecule has 1 unspecified atom stereocenters. The maximum atomic E-state index is 5.56. The minimum Gasteiger partial charge on any atom is -0.328 e. The van der Waals surface area contributed by atoms with Gasteiger partial charge in [0.15, 0.2) is 10.4 Å². The molecule has 1 N–H and O–H groups in total. The van der Waals surface area contributed by atoms with E-state index in [1.165, 1.54) is 4.88 Å². The third kappa shape index (κ3) is 2.03. The normalized spacial score (nSPS) is 13.2. The van der Waals surface area contributed by atoms with Crippen molar-refractivity contribution in [3.63, 3.8) is 0 Å². The molecule has 4 nitrogen and oxygen atoms in total. The standard InChI is InChI=1S/C14H18N4S2/c1-4-6-10(11-7-5-8-20-11)18-13-12(15-14(18)19)9(2)16-17(13)3/h5,7-8,10H,4,6H2,1-3H3,(H,15,19). The van der Waals surface area contributed by atoms with Crippen LogP contribution >= 0.6 is 23.6 Å². The van der Waals surface area contributed by atoms with Crippen LogP contribution in [0.4, 0.5) is 0 Å². The van der Waals surface area contributed by atoms with Crippen molar-refractivity contribution in [2.75, 3.05) is 0 Å². The van der Waals surface area contributed by atoms with Crippen molar-refractivity contribution >= 4 is 34.7 Å². The van der Waals surface area contributed by atoms with Crippen molar-refractivity contribution in [2.45, 2.75) is 32.7 Å². The van der Waals surface area contributed by atoms with Gasteiger partial charge in [0.1, 0.15) is 5.52 Å². The first-order valence-electron chi connectivity index (χ1n) is 6.80. The average molecular weight is 306 g/mol. The second-order valence-electron chi connectivity index (χ2n) is 5.03. The van der Waals surface area contributed by atoms with E-state index in [1.807, 2.05) is 18.7 Å². The van der Waals surface area contributed by atoms with Gasteiger partial charge < -0.3 is 4.98 Å². The summed E-state index contributed by atoms with van der Waals surface area (Å²) in [6, 6.07) is 4.58.